The molecule has 130 valence electrons. The molecule has 0 aliphatic carbocycles. The summed E-state index contributed by atoms with van der Waals surface area (Å²) in [7, 11) is 0. The lowest BCUT2D eigenvalue weighted by Crippen LogP contribution is -1.98. The molecule has 2 heterocycles. The van der Waals surface area contributed by atoms with Crippen LogP contribution < -0.4 is 0 Å². The summed E-state index contributed by atoms with van der Waals surface area (Å²) in [5, 5.41) is 12.7. The van der Waals surface area contributed by atoms with E-state index in [0.717, 1.165) is 10.6 Å². The molecule has 0 aliphatic rings. The molecule has 0 fully saturated rings. The predicted molar refractivity (Wildman–Crippen MR) is 112 cm³/mol. The highest BCUT2D eigenvalue weighted by Gasteiger charge is 2.12. The Hall–Kier alpha value is -3.31. The van der Waals surface area contributed by atoms with Crippen molar-refractivity contribution in [3.05, 3.63) is 89.4 Å². The molecule has 0 N–H and O–H groups in total. The molecular weight excluding hydrogens is 352 g/mol. The van der Waals surface area contributed by atoms with Crippen molar-refractivity contribution < 1.29 is 0 Å². The van der Waals surface area contributed by atoms with Crippen molar-refractivity contribution in [2.24, 2.45) is 4.99 Å². The second kappa shape index (κ2) is 6.78. The molecule has 0 saturated heterocycles. The van der Waals surface area contributed by atoms with Gasteiger partial charge in [-0.3, -0.25) is 0 Å². The number of aliphatic imine (C=N–C) groups is 1. The molecular formula is C22H16N4S. The lowest BCUT2D eigenvalue weighted by Gasteiger charge is -2.04. The van der Waals surface area contributed by atoms with E-state index in [2.05, 4.69) is 68.3 Å². The Morgan fingerprint density at radius 3 is 2.11 bits per heavy atom. The standard InChI is InChI=1S/C22H16N4S/c1-2-8-16(9-3-1)14-23-22-25-24-21(27-22)15-26-19-12-6-4-10-17(19)18-11-5-7-13-20(18)26/h1-14H,15H2/b23-14+. The average Bonchev–Trinajstić information content (AvgIpc) is 3.31. The normalized spacial score (nSPS) is 11.7. The van der Waals surface area contributed by atoms with Gasteiger partial charge in [-0.1, -0.05) is 78.1 Å². The van der Waals surface area contributed by atoms with Gasteiger partial charge < -0.3 is 4.57 Å². The first kappa shape index (κ1) is 15.9. The molecule has 0 bridgehead atoms. The number of para-hydroxylation sites is 2. The summed E-state index contributed by atoms with van der Waals surface area (Å²) in [4.78, 5) is 4.46. The molecule has 0 atom stereocenters. The summed E-state index contributed by atoms with van der Waals surface area (Å²) in [6.07, 6.45) is 1.82. The first-order valence-corrected chi connectivity index (χ1v) is 9.57. The lowest BCUT2D eigenvalue weighted by atomic mass is 10.2. The van der Waals surface area contributed by atoms with E-state index in [0.29, 0.717) is 11.7 Å². The van der Waals surface area contributed by atoms with Gasteiger partial charge in [0.25, 0.3) is 0 Å². The highest BCUT2D eigenvalue weighted by atomic mass is 32.1. The number of benzene rings is 3. The van der Waals surface area contributed by atoms with Crippen LogP contribution in [0.3, 0.4) is 0 Å². The molecule has 0 spiro atoms. The van der Waals surface area contributed by atoms with Crippen molar-refractivity contribution in [2.45, 2.75) is 6.54 Å². The van der Waals surface area contributed by atoms with E-state index >= 15 is 0 Å². The third-order valence-corrected chi connectivity index (χ3v) is 5.37. The van der Waals surface area contributed by atoms with Crippen LogP contribution in [-0.4, -0.2) is 21.0 Å². The molecule has 2 aromatic heterocycles. The fourth-order valence-electron chi connectivity index (χ4n) is 3.34. The van der Waals surface area contributed by atoms with E-state index in [1.165, 1.54) is 33.1 Å². The van der Waals surface area contributed by atoms with E-state index in [1.807, 2.05) is 36.5 Å². The SMILES string of the molecule is C(=N\c1nnc(Cn2c3ccccc3c3ccccc32)s1)/c1ccccc1. The summed E-state index contributed by atoms with van der Waals surface area (Å²) in [6, 6.07) is 27.0. The number of fused-ring (bicyclic) bond motifs is 3. The summed E-state index contributed by atoms with van der Waals surface area (Å²) < 4.78 is 2.30. The van der Waals surface area contributed by atoms with Crippen LogP contribution in [0.1, 0.15) is 10.6 Å². The van der Waals surface area contributed by atoms with Gasteiger partial charge in [-0.25, -0.2) is 4.99 Å². The topological polar surface area (TPSA) is 43.1 Å². The molecule has 0 amide bonds. The smallest absolute Gasteiger partial charge is 0.231 e. The number of hydrogen-bond acceptors (Lipinski definition) is 4. The van der Waals surface area contributed by atoms with E-state index in [9.17, 15) is 0 Å². The Morgan fingerprint density at radius 2 is 1.41 bits per heavy atom. The first-order chi connectivity index (χ1) is 13.4. The fraction of sp³-hybridized carbons (Fsp3) is 0.0455. The number of rotatable bonds is 4. The van der Waals surface area contributed by atoms with E-state index in [-0.39, 0.29) is 0 Å². The number of aromatic nitrogens is 3. The van der Waals surface area contributed by atoms with Gasteiger partial charge in [0.15, 0.2) is 0 Å². The van der Waals surface area contributed by atoms with Crippen LogP contribution in [0.25, 0.3) is 21.8 Å². The van der Waals surface area contributed by atoms with E-state index < -0.39 is 0 Å². The summed E-state index contributed by atoms with van der Waals surface area (Å²) in [5.74, 6) is 0. The molecule has 4 nitrogen and oxygen atoms in total. The molecule has 5 heteroatoms. The largest absolute Gasteiger partial charge is 0.333 e. The minimum absolute atomic E-state index is 0.676. The summed E-state index contributed by atoms with van der Waals surface area (Å²) >= 11 is 1.53. The van der Waals surface area contributed by atoms with Crippen molar-refractivity contribution in [1.82, 2.24) is 14.8 Å². The monoisotopic (exact) mass is 368 g/mol. The van der Waals surface area contributed by atoms with Crippen LogP contribution in [0.15, 0.2) is 83.9 Å². The zero-order valence-corrected chi connectivity index (χ0v) is 15.3. The maximum Gasteiger partial charge on any atom is 0.231 e. The Labute approximate surface area is 160 Å². The second-order valence-corrected chi connectivity index (χ2v) is 7.31. The molecule has 3 aromatic carbocycles. The Kier molecular flexibility index (Phi) is 3.99. The van der Waals surface area contributed by atoms with Gasteiger partial charge in [0, 0.05) is 28.0 Å². The maximum absolute atomic E-state index is 4.46. The van der Waals surface area contributed by atoms with Crippen LogP contribution in [0.4, 0.5) is 5.13 Å². The van der Waals surface area contributed by atoms with Crippen LogP contribution in [0.5, 0.6) is 0 Å². The van der Waals surface area contributed by atoms with E-state index in [4.69, 9.17) is 0 Å². The van der Waals surface area contributed by atoms with Crippen LogP contribution in [-0.2, 0) is 6.54 Å². The summed E-state index contributed by atoms with van der Waals surface area (Å²) in [5.41, 5.74) is 3.48. The molecule has 0 aliphatic heterocycles. The van der Waals surface area contributed by atoms with Gasteiger partial charge in [0.2, 0.25) is 5.13 Å². The van der Waals surface area contributed by atoms with Gasteiger partial charge in [-0.2, -0.15) is 0 Å². The van der Waals surface area contributed by atoms with Crippen LogP contribution in [0.2, 0.25) is 0 Å². The quantitative estimate of drug-likeness (QED) is 0.396. The Morgan fingerprint density at radius 1 is 0.778 bits per heavy atom. The van der Waals surface area contributed by atoms with Crippen LogP contribution in [0, 0.1) is 0 Å². The lowest BCUT2D eigenvalue weighted by molar-refractivity contribution is 0.836. The van der Waals surface area contributed by atoms with Crippen LogP contribution >= 0.6 is 11.3 Å². The molecule has 27 heavy (non-hydrogen) atoms. The van der Waals surface area contributed by atoms with Crippen molar-refractivity contribution in [3.63, 3.8) is 0 Å². The molecule has 0 unspecified atom stereocenters. The minimum atomic E-state index is 0.676. The van der Waals surface area contributed by atoms with Crippen molar-refractivity contribution in [3.8, 4) is 0 Å². The Bertz CT molecular complexity index is 1200. The Balaban J connectivity index is 1.49. The van der Waals surface area contributed by atoms with Crippen molar-refractivity contribution in [2.75, 3.05) is 0 Å². The molecule has 5 rings (SSSR count). The maximum atomic E-state index is 4.46. The summed E-state index contributed by atoms with van der Waals surface area (Å²) in [6.45, 7) is 0.687. The fourth-order valence-corrected chi connectivity index (χ4v) is 4.01. The number of hydrogen-bond donors (Lipinski definition) is 0. The highest BCUT2D eigenvalue weighted by Crippen LogP contribution is 2.30. The predicted octanol–water partition coefficient (Wildman–Crippen LogP) is 5.44. The third kappa shape index (κ3) is 3.02. The van der Waals surface area contributed by atoms with Crippen molar-refractivity contribution in [1.29, 1.82) is 0 Å². The molecule has 0 saturated carbocycles. The van der Waals surface area contributed by atoms with Gasteiger partial charge in [0.05, 0.1) is 6.54 Å². The second-order valence-electron chi connectivity index (χ2n) is 6.27. The molecule has 0 radical (unpaired) electrons. The minimum Gasteiger partial charge on any atom is -0.333 e. The number of nitrogens with zero attached hydrogens (tertiary/aromatic N) is 4. The van der Waals surface area contributed by atoms with Crippen molar-refractivity contribution >= 4 is 44.5 Å². The van der Waals surface area contributed by atoms with Gasteiger partial charge >= 0.3 is 0 Å². The van der Waals surface area contributed by atoms with E-state index in [1.54, 1.807) is 0 Å². The first-order valence-electron chi connectivity index (χ1n) is 8.76. The molecule has 5 aromatic rings. The van der Waals surface area contributed by atoms with Gasteiger partial charge in [0.1, 0.15) is 5.01 Å². The van der Waals surface area contributed by atoms with Gasteiger partial charge in [-0.15, -0.1) is 10.2 Å². The van der Waals surface area contributed by atoms with Gasteiger partial charge in [-0.05, 0) is 17.7 Å². The average molecular weight is 368 g/mol. The zero-order valence-electron chi connectivity index (χ0n) is 14.5. The third-order valence-electron chi connectivity index (χ3n) is 4.55. The zero-order chi connectivity index (χ0) is 18.1. The highest BCUT2D eigenvalue weighted by molar-refractivity contribution is 7.14.